The Labute approximate surface area is 203 Å². The van der Waals surface area contributed by atoms with Crippen LogP contribution in [0.25, 0.3) is 0 Å². The topological polar surface area (TPSA) is 6.48 Å². The minimum absolute atomic E-state index is 0. The summed E-state index contributed by atoms with van der Waals surface area (Å²) in [6.07, 6.45) is 33.8. The zero-order valence-electron chi connectivity index (χ0n) is 21.6. The van der Waals surface area contributed by atoms with Crippen LogP contribution in [0.15, 0.2) is 12.4 Å². The summed E-state index contributed by atoms with van der Waals surface area (Å²) in [6.45, 7) is 9.46. The third-order valence-electron chi connectivity index (χ3n) is 6.95. The van der Waals surface area contributed by atoms with Crippen molar-refractivity contribution in [1.29, 1.82) is 0 Å². The zero-order valence-corrected chi connectivity index (χ0v) is 22.4. The van der Waals surface area contributed by atoms with E-state index >= 15 is 0 Å². The molecule has 0 unspecified atom stereocenters. The van der Waals surface area contributed by atoms with E-state index in [0.717, 1.165) is 0 Å². The Kier molecular flexibility index (Phi) is 22.5. The lowest BCUT2D eigenvalue weighted by Gasteiger charge is -2.30. The maximum atomic E-state index is 2.56. The van der Waals surface area contributed by atoms with E-state index in [1.165, 1.54) is 142 Å². The first-order valence-corrected chi connectivity index (χ1v) is 14.0. The molecule has 186 valence electrons. The average Bonchev–Trinajstić information content (AvgIpc) is 3.10. The molecule has 3 heteroatoms. The molecule has 1 aliphatic heterocycles. The SMILES string of the molecule is CCCCCCCCCCCCN1C=CN(CCCCCCCCCCCC)C1C.Cl. The van der Waals surface area contributed by atoms with E-state index in [9.17, 15) is 0 Å². The maximum Gasteiger partial charge on any atom is 0.0977 e. The summed E-state index contributed by atoms with van der Waals surface area (Å²) in [7, 11) is 0. The van der Waals surface area contributed by atoms with Gasteiger partial charge in [0.1, 0.15) is 0 Å². The fourth-order valence-corrected chi connectivity index (χ4v) is 4.70. The van der Waals surface area contributed by atoms with Crippen molar-refractivity contribution in [2.24, 2.45) is 0 Å². The summed E-state index contributed by atoms with van der Waals surface area (Å²) in [5.74, 6) is 0. The van der Waals surface area contributed by atoms with Crippen LogP contribution in [0, 0.1) is 0 Å². The van der Waals surface area contributed by atoms with E-state index < -0.39 is 0 Å². The van der Waals surface area contributed by atoms with Crippen LogP contribution in [0.4, 0.5) is 0 Å². The molecule has 1 heterocycles. The Morgan fingerprint density at radius 1 is 0.452 bits per heavy atom. The molecular weight excluding hydrogens is 400 g/mol. The smallest absolute Gasteiger partial charge is 0.0977 e. The van der Waals surface area contributed by atoms with E-state index in [1.54, 1.807) is 0 Å². The number of hydrogen-bond acceptors (Lipinski definition) is 2. The zero-order chi connectivity index (χ0) is 21.7. The Morgan fingerprint density at radius 3 is 1.00 bits per heavy atom. The van der Waals surface area contributed by atoms with Gasteiger partial charge in [-0.2, -0.15) is 0 Å². The van der Waals surface area contributed by atoms with Crippen molar-refractivity contribution in [3.8, 4) is 0 Å². The summed E-state index contributed by atoms with van der Waals surface area (Å²) >= 11 is 0. The standard InChI is InChI=1S/C28H56N2.ClH/c1-4-6-8-10-12-14-16-18-20-22-24-29-26-27-30(28(29)3)25-23-21-19-17-15-13-11-9-7-5-2;/h26-28H,4-25H2,1-3H3;1H. The summed E-state index contributed by atoms with van der Waals surface area (Å²) in [4.78, 5) is 5.11. The quantitative estimate of drug-likeness (QED) is 0.149. The molecule has 1 aliphatic rings. The molecule has 0 amide bonds. The second kappa shape index (κ2) is 22.8. The van der Waals surface area contributed by atoms with Crippen LogP contribution >= 0.6 is 12.4 Å². The molecule has 0 N–H and O–H groups in total. The molecule has 0 aromatic carbocycles. The van der Waals surface area contributed by atoms with Crippen LogP contribution < -0.4 is 0 Å². The molecule has 2 nitrogen and oxygen atoms in total. The van der Waals surface area contributed by atoms with Gasteiger partial charge in [-0.15, -0.1) is 12.4 Å². The van der Waals surface area contributed by atoms with Gasteiger partial charge in [0.05, 0.1) is 6.17 Å². The summed E-state index contributed by atoms with van der Waals surface area (Å²) in [5, 5.41) is 0. The molecule has 0 bridgehead atoms. The van der Waals surface area contributed by atoms with E-state index in [4.69, 9.17) is 0 Å². The van der Waals surface area contributed by atoms with Gasteiger partial charge < -0.3 is 9.80 Å². The normalized spacial score (nSPS) is 13.9. The third-order valence-corrected chi connectivity index (χ3v) is 6.95. The van der Waals surface area contributed by atoms with Crippen molar-refractivity contribution in [2.75, 3.05) is 13.1 Å². The van der Waals surface area contributed by atoms with Crippen LogP contribution in [0.5, 0.6) is 0 Å². The molecule has 0 aromatic heterocycles. The summed E-state index contributed by atoms with van der Waals surface area (Å²) in [6, 6.07) is 0. The number of nitrogens with zero attached hydrogens (tertiary/aromatic N) is 2. The van der Waals surface area contributed by atoms with Gasteiger partial charge in [0.15, 0.2) is 0 Å². The Hall–Kier alpha value is -0.370. The Bertz CT molecular complexity index is 351. The van der Waals surface area contributed by atoms with Crippen LogP contribution in [-0.2, 0) is 0 Å². The summed E-state index contributed by atoms with van der Waals surface area (Å²) in [5.41, 5.74) is 0. The fourth-order valence-electron chi connectivity index (χ4n) is 4.70. The minimum Gasteiger partial charge on any atom is -0.356 e. The largest absolute Gasteiger partial charge is 0.356 e. The monoisotopic (exact) mass is 456 g/mol. The van der Waals surface area contributed by atoms with E-state index in [2.05, 4.69) is 43.0 Å². The van der Waals surface area contributed by atoms with Gasteiger partial charge in [-0.3, -0.25) is 0 Å². The number of unbranched alkanes of at least 4 members (excludes halogenated alkanes) is 18. The van der Waals surface area contributed by atoms with Crippen molar-refractivity contribution < 1.29 is 0 Å². The molecule has 31 heavy (non-hydrogen) atoms. The predicted octanol–water partition coefficient (Wildman–Crippen LogP) is 9.68. The molecule has 0 fully saturated rings. The average molecular weight is 457 g/mol. The maximum absolute atomic E-state index is 2.56. The second-order valence-corrected chi connectivity index (χ2v) is 9.77. The van der Waals surface area contributed by atoms with Gasteiger partial charge in [-0.1, -0.05) is 129 Å². The number of halogens is 1. The highest BCUT2D eigenvalue weighted by atomic mass is 35.5. The highest BCUT2D eigenvalue weighted by Gasteiger charge is 2.20. The van der Waals surface area contributed by atoms with Crippen molar-refractivity contribution >= 4 is 12.4 Å². The minimum atomic E-state index is 0. The van der Waals surface area contributed by atoms with Gasteiger partial charge in [-0.05, 0) is 19.8 Å². The van der Waals surface area contributed by atoms with Crippen LogP contribution in [0.2, 0.25) is 0 Å². The lowest BCUT2D eigenvalue weighted by atomic mass is 10.1. The van der Waals surface area contributed by atoms with E-state index in [1.807, 2.05) is 0 Å². The summed E-state index contributed by atoms with van der Waals surface area (Å²) < 4.78 is 0. The van der Waals surface area contributed by atoms with E-state index in [0.29, 0.717) is 6.17 Å². The molecule has 1 rings (SSSR count). The first kappa shape index (κ1) is 30.6. The molecule has 0 atom stereocenters. The lowest BCUT2D eigenvalue weighted by Crippen LogP contribution is -2.36. The molecule has 0 spiro atoms. The van der Waals surface area contributed by atoms with Crippen LogP contribution in [0.3, 0.4) is 0 Å². The molecular formula is C28H57ClN2. The van der Waals surface area contributed by atoms with Gasteiger partial charge in [0.25, 0.3) is 0 Å². The highest BCUT2D eigenvalue weighted by molar-refractivity contribution is 5.85. The van der Waals surface area contributed by atoms with Gasteiger partial charge in [0, 0.05) is 25.5 Å². The van der Waals surface area contributed by atoms with Crippen molar-refractivity contribution in [1.82, 2.24) is 9.80 Å². The number of hydrogen-bond donors (Lipinski definition) is 0. The van der Waals surface area contributed by atoms with Crippen LogP contribution in [-0.4, -0.2) is 29.1 Å². The van der Waals surface area contributed by atoms with Gasteiger partial charge in [-0.25, -0.2) is 0 Å². The number of rotatable bonds is 22. The predicted molar refractivity (Wildman–Crippen MR) is 143 cm³/mol. The van der Waals surface area contributed by atoms with E-state index in [-0.39, 0.29) is 12.4 Å². The first-order valence-electron chi connectivity index (χ1n) is 14.0. The molecule has 0 saturated carbocycles. The van der Waals surface area contributed by atoms with Gasteiger partial charge >= 0.3 is 0 Å². The third kappa shape index (κ3) is 16.9. The lowest BCUT2D eigenvalue weighted by molar-refractivity contribution is 0.165. The first-order chi connectivity index (χ1) is 14.8. The van der Waals surface area contributed by atoms with Crippen molar-refractivity contribution in [2.45, 2.75) is 155 Å². The van der Waals surface area contributed by atoms with Gasteiger partial charge in [0.2, 0.25) is 0 Å². The van der Waals surface area contributed by atoms with Crippen LogP contribution in [0.1, 0.15) is 149 Å². The van der Waals surface area contributed by atoms with Crippen molar-refractivity contribution in [3.05, 3.63) is 12.4 Å². The Morgan fingerprint density at radius 2 is 0.710 bits per heavy atom. The fraction of sp³-hybridized carbons (Fsp3) is 0.929. The second-order valence-electron chi connectivity index (χ2n) is 9.77. The molecule has 0 aromatic rings. The molecule has 0 saturated heterocycles. The highest BCUT2D eigenvalue weighted by Crippen LogP contribution is 2.19. The Balaban J connectivity index is 0.00000900. The molecule has 0 aliphatic carbocycles. The molecule has 0 radical (unpaired) electrons. The van der Waals surface area contributed by atoms with Crippen molar-refractivity contribution in [3.63, 3.8) is 0 Å².